The molecule has 8 heteroatoms. The highest BCUT2D eigenvalue weighted by Gasteiger charge is 2.19. The zero-order valence-electron chi connectivity index (χ0n) is 9.43. The van der Waals surface area contributed by atoms with Crippen LogP contribution >= 0.6 is 23.2 Å². The molecule has 18 heavy (non-hydrogen) atoms. The van der Waals surface area contributed by atoms with Crippen LogP contribution in [0.1, 0.15) is 6.42 Å². The first-order chi connectivity index (χ1) is 8.20. The SMILES string of the molecule is CS(=O)(=O)N(CCC(=O)O)c1cc(Cl)cc(Cl)c1. The van der Waals surface area contributed by atoms with Gasteiger partial charge in [-0.3, -0.25) is 9.10 Å². The van der Waals surface area contributed by atoms with Crippen LogP contribution in [0.5, 0.6) is 0 Å². The van der Waals surface area contributed by atoms with E-state index in [1.54, 1.807) is 0 Å². The molecular formula is C10H11Cl2NO4S. The van der Waals surface area contributed by atoms with Crippen LogP contribution in [0.2, 0.25) is 10.0 Å². The summed E-state index contributed by atoms with van der Waals surface area (Å²) in [6.07, 6.45) is 0.681. The maximum Gasteiger partial charge on any atom is 0.305 e. The third-order valence-corrected chi connectivity index (χ3v) is 3.69. The number of hydrogen-bond donors (Lipinski definition) is 1. The standard InChI is InChI=1S/C10H11Cl2NO4S/c1-18(16,17)13(3-2-10(14)15)9-5-7(11)4-8(12)6-9/h4-6H,2-3H2,1H3,(H,14,15). The van der Waals surface area contributed by atoms with Crippen molar-refractivity contribution in [2.45, 2.75) is 6.42 Å². The van der Waals surface area contributed by atoms with Crippen molar-refractivity contribution >= 4 is 44.9 Å². The Balaban J connectivity index is 3.13. The number of nitrogens with zero attached hydrogens (tertiary/aromatic N) is 1. The molecule has 1 aromatic carbocycles. The molecule has 0 atom stereocenters. The molecule has 0 fully saturated rings. The molecule has 0 aromatic heterocycles. The van der Waals surface area contributed by atoms with Gasteiger partial charge in [-0.2, -0.15) is 0 Å². The van der Waals surface area contributed by atoms with E-state index >= 15 is 0 Å². The summed E-state index contributed by atoms with van der Waals surface area (Å²) in [5.74, 6) is -1.09. The molecule has 0 radical (unpaired) electrons. The van der Waals surface area contributed by atoms with E-state index in [-0.39, 0.29) is 28.7 Å². The smallest absolute Gasteiger partial charge is 0.305 e. The number of rotatable bonds is 5. The van der Waals surface area contributed by atoms with Gasteiger partial charge in [-0.25, -0.2) is 8.42 Å². The minimum Gasteiger partial charge on any atom is -0.481 e. The van der Waals surface area contributed by atoms with Crippen molar-refractivity contribution in [2.24, 2.45) is 0 Å². The zero-order valence-corrected chi connectivity index (χ0v) is 11.8. The lowest BCUT2D eigenvalue weighted by Gasteiger charge is -2.22. The number of sulfonamides is 1. The Morgan fingerprint density at radius 1 is 1.28 bits per heavy atom. The van der Waals surface area contributed by atoms with E-state index in [1.165, 1.54) is 18.2 Å². The van der Waals surface area contributed by atoms with Crippen LogP contribution in [-0.2, 0) is 14.8 Å². The monoisotopic (exact) mass is 311 g/mol. The summed E-state index contributed by atoms with van der Waals surface area (Å²) >= 11 is 11.6. The van der Waals surface area contributed by atoms with E-state index in [1.807, 2.05) is 0 Å². The molecule has 0 amide bonds. The number of carboxylic acid groups (broad SMARTS) is 1. The fourth-order valence-electron chi connectivity index (χ4n) is 1.37. The first-order valence-corrected chi connectivity index (χ1v) is 7.46. The molecule has 0 saturated heterocycles. The average molecular weight is 312 g/mol. The molecule has 0 aliphatic carbocycles. The lowest BCUT2D eigenvalue weighted by Crippen LogP contribution is -2.32. The van der Waals surface area contributed by atoms with Crippen molar-refractivity contribution in [1.82, 2.24) is 0 Å². The summed E-state index contributed by atoms with van der Waals surface area (Å²) in [4.78, 5) is 10.5. The minimum atomic E-state index is -3.59. The van der Waals surface area contributed by atoms with Crippen molar-refractivity contribution in [3.63, 3.8) is 0 Å². The highest BCUT2D eigenvalue weighted by Crippen LogP contribution is 2.27. The molecule has 0 aliphatic rings. The highest BCUT2D eigenvalue weighted by atomic mass is 35.5. The van der Waals surface area contributed by atoms with Crippen LogP contribution in [-0.4, -0.2) is 32.3 Å². The molecule has 1 N–H and O–H groups in total. The van der Waals surface area contributed by atoms with Gasteiger partial charge in [0.2, 0.25) is 10.0 Å². The molecule has 0 aliphatic heterocycles. The molecular weight excluding hydrogens is 301 g/mol. The molecule has 1 aromatic rings. The van der Waals surface area contributed by atoms with Crippen molar-refractivity contribution in [3.05, 3.63) is 28.2 Å². The second kappa shape index (κ2) is 5.77. The average Bonchev–Trinajstić information content (AvgIpc) is 2.13. The number of benzene rings is 1. The first-order valence-electron chi connectivity index (χ1n) is 4.86. The fourth-order valence-corrected chi connectivity index (χ4v) is 2.79. The normalized spacial score (nSPS) is 11.3. The summed E-state index contributed by atoms with van der Waals surface area (Å²) in [6.45, 7) is -0.176. The predicted molar refractivity (Wildman–Crippen MR) is 70.9 cm³/mol. The van der Waals surface area contributed by atoms with Gasteiger partial charge in [-0.05, 0) is 18.2 Å². The van der Waals surface area contributed by atoms with Gasteiger partial charge >= 0.3 is 5.97 Å². The van der Waals surface area contributed by atoms with Gasteiger partial charge in [0.15, 0.2) is 0 Å². The number of anilines is 1. The molecule has 0 heterocycles. The van der Waals surface area contributed by atoms with E-state index in [0.29, 0.717) is 0 Å². The highest BCUT2D eigenvalue weighted by molar-refractivity contribution is 7.92. The van der Waals surface area contributed by atoms with Gasteiger partial charge in [0.1, 0.15) is 0 Å². The third-order valence-electron chi connectivity index (χ3n) is 2.06. The molecule has 0 bridgehead atoms. The van der Waals surface area contributed by atoms with Crippen molar-refractivity contribution in [3.8, 4) is 0 Å². The van der Waals surface area contributed by atoms with E-state index in [4.69, 9.17) is 28.3 Å². The van der Waals surface area contributed by atoms with E-state index in [2.05, 4.69) is 0 Å². The lowest BCUT2D eigenvalue weighted by atomic mass is 10.3. The summed E-state index contributed by atoms with van der Waals surface area (Å²) < 4.78 is 24.2. The maximum absolute atomic E-state index is 11.6. The van der Waals surface area contributed by atoms with Gasteiger partial charge < -0.3 is 5.11 Å². The van der Waals surface area contributed by atoms with Crippen LogP contribution in [0.25, 0.3) is 0 Å². The Morgan fingerprint density at radius 2 is 1.78 bits per heavy atom. The summed E-state index contributed by atoms with van der Waals surface area (Å²) in [7, 11) is -3.59. The second-order valence-electron chi connectivity index (χ2n) is 3.61. The number of hydrogen-bond acceptors (Lipinski definition) is 3. The topological polar surface area (TPSA) is 74.7 Å². The fraction of sp³-hybridized carbons (Fsp3) is 0.300. The van der Waals surface area contributed by atoms with Gasteiger partial charge in [-0.15, -0.1) is 0 Å². The van der Waals surface area contributed by atoms with Crippen LogP contribution in [0.3, 0.4) is 0 Å². The van der Waals surface area contributed by atoms with Crippen LogP contribution in [0.4, 0.5) is 5.69 Å². The first kappa shape index (κ1) is 15.1. The van der Waals surface area contributed by atoms with Crippen LogP contribution in [0.15, 0.2) is 18.2 Å². The molecule has 5 nitrogen and oxygen atoms in total. The number of carbonyl (C=O) groups is 1. The Bertz CT molecular complexity index is 539. The van der Waals surface area contributed by atoms with Crippen molar-refractivity contribution in [1.29, 1.82) is 0 Å². The number of halogens is 2. The van der Waals surface area contributed by atoms with Crippen LogP contribution < -0.4 is 4.31 Å². The van der Waals surface area contributed by atoms with Crippen molar-refractivity contribution in [2.75, 3.05) is 17.1 Å². The minimum absolute atomic E-state index is 0.176. The number of aliphatic carboxylic acids is 1. The Labute approximate surface area is 115 Å². The van der Waals surface area contributed by atoms with E-state index in [9.17, 15) is 13.2 Å². The molecule has 0 unspecified atom stereocenters. The summed E-state index contributed by atoms with van der Waals surface area (Å²) in [5.41, 5.74) is 0.247. The largest absolute Gasteiger partial charge is 0.481 e. The van der Waals surface area contributed by atoms with Gasteiger partial charge in [0, 0.05) is 16.6 Å². The number of carboxylic acids is 1. The zero-order chi connectivity index (χ0) is 13.9. The van der Waals surface area contributed by atoms with Gasteiger partial charge in [-0.1, -0.05) is 23.2 Å². The predicted octanol–water partition coefficient (Wildman–Crippen LogP) is 2.23. The van der Waals surface area contributed by atoms with E-state index in [0.717, 1.165) is 10.6 Å². The van der Waals surface area contributed by atoms with Gasteiger partial charge in [0.05, 0.1) is 18.4 Å². The molecule has 0 saturated carbocycles. The molecule has 0 spiro atoms. The lowest BCUT2D eigenvalue weighted by molar-refractivity contribution is -0.136. The van der Waals surface area contributed by atoms with Crippen molar-refractivity contribution < 1.29 is 18.3 Å². The van der Waals surface area contributed by atoms with E-state index < -0.39 is 16.0 Å². The third kappa shape index (κ3) is 4.36. The maximum atomic E-state index is 11.6. The van der Waals surface area contributed by atoms with Gasteiger partial charge in [0.25, 0.3) is 0 Å². The second-order valence-corrected chi connectivity index (χ2v) is 6.39. The summed E-state index contributed by atoms with van der Waals surface area (Å²) in [5, 5.41) is 9.17. The van der Waals surface area contributed by atoms with Crippen LogP contribution in [0, 0.1) is 0 Å². The summed E-state index contributed by atoms with van der Waals surface area (Å²) in [6, 6.07) is 4.29. The quantitative estimate of drug-likeness (QED) is 0.905. The Kier molecular flexibility index (Phi) is 4.84. The molecule has 1 rings (SSSR count). The Hall–Kier alpha value is -0.980. The molecule has 100 valence electrons. The Morgan fingerprint density at radius 3 is 2.17 bits per heavy atom.